The summed E-state index contributed by atoms with van der Waals surface area (Å²) in [6.07, 6.45) is 11.0. The zero-order chi connectivity index (χ0) is 17.0. The van der Waals surface area contributed by atoms with E-state index in [0.29, 0.717) is 17.8 Å². The van der Waals surface area contributed by atoms with Gasteiger partial charge in [-0.05, 0) is 62.2 Å². The van der Waals surface area contributed by atoms with Crippen LogP contribution in [0.1, 0.15) is 66.2 Å². The number of rotatable bonds is 2. The van der Waals surface area contributed by atoms with Crippen LogP contribution in [0.15, 0.2) is 24.3 Å². The Hall–Kier alpha value is -1.05. The Bertz CT molecular complexity index is 562. The van der Waals surface area contributed by atoms with Gasteiger partial charge in [0.25, 0.3) is 0 Å². The van der Waals surface area contributed by atoms with E-state index in [2.05, 4.69) is 39.5 Å². The van der Waals surface area contributed by atoms with E-state index in [0.717, 1.165) is 25.7 Å². The molecule has 0 saturated heterocycles. The van der Waals surface area contributed by atoms with Crippen molar-refractivity contribution in [2.45, 2.75) is 66.2 Å². The van der Waals surface area contributed by atoms with Crippen molar-refractivity contribution in [1.29, 1.82) is 0 Å². The van der Waals surface area contributed by atoms with E-state index in [1.165, 1.54) is 12.8 Å². The van der Waals surface area contributed by atoms with Gasteiger partial charge in [0.15, 0.2) is 0 Å². The fourth-order valence-corrected chi connectivity index (χ4v) is 6.14. The SMILES string of the molecule is C=C[C@]1(C)C=C2C(CC1)[C@@]1(C)CCC[C@@](C)(C(=O)O)C1C[C@H]2C. The molecule has 3 aliphatic carbocycles. The Labute approximate surface area is 141 Å². The maximum Gasteiger partial charge on any atom is 0.309 e. The van der Waals surface area contributed by atoms with Gasteiger partial charge in [0.1, 0.15) is 0 Å². The molecule has 3 rings (SSSR count). The van der Waals surface area contributed by atoms with E-state index >= 15 is 0 Å². The largest absolute Gasteiger partial charge is 0.481 e. The summed E-state index contributed by atoms with van der Waals surface area (Å²) in [7, 11) is 0. The number of carbonyl (C=O) groups is 1. The molecule has 0 radical (unpaired) electrons. The molecule has 6 atom stereocenters. The Kier molecular flexibility index (Phi) is 3.82. The minimum Gasteiger partial charge on any atom is -0.481 e. The number of carboxylic acids is 1. The van der Waals surface area contributed by atoms with E-state index < -0.39 is 11.4 Å². The summed E-state index contributed by atoms with van der Waals surface area (Å²) >= 11 is 0. The van der Waals surface area contributed by atoms with Crippen molar-refractivity contribution in [2.75, 3.05) is 0 Å². The summed E-state index contributed by atoms with van der Waals surface area (Å²) in [4.78, 5) is 12.1. The van der Waals surface area contributed by atoms with Crippen molar-refractivity contribution in [3.8, 4) is 0 Å². The van der Waals surface area contributed by atoms with Crippen molar-refractivity contribution >= 4 is 5.97 Å². The molecule has 2 nitrogen and oxygen atoms in total. The molecule has 0 aliphatic heterocycles. The summed E-state index contributed by atoms with van der Waals surface area (Å²) in [5.41, 5.74) is 1.30. The average Bonchev–Trinajstić information content (AvgIpc) is 2.50. The summed E-state index contributed by atoms with van der Waals surface area (Å²) < 4.78 is 0. The maximum absolute atomic E-state index is 12.1. The van der Waals surface area contributed by atoms with Crippen molar-refractivity contribution in [1.82, 2.24) is 0 Å². The fraction of sp³-hybridized carbons (Fsp3) is 0.762. The summed E-state index contributed by atoms with van der Waals surface area (Å²) in [5.74, 6) is 0.768. The average molecular weight is 316 g/mol. The molecule has 0 spiro atoms. The smallest absolute Gasteiger partial charge is 0.309 e. The van der Waals surface area contributed by atoms with Gasteiger partial charge in [0.05, 0.1) is 5.41 Å². The number of hydrogen-bond donors (Lipinski definition) is 1. The second-order valence-electron chi connectivity index (χ2n) is 9.22. The first kappa shape index (κ1) is 16.8. The van der Waals surface area contributed by atoms with E-state index in [4.69, 9.17) is 0 Å². The molecule has 0 heterocycles. The highest BCUT2D eigenvalue weighted by Gasteiger charge is 2.59. The number of carboxylic acid groups (broad SMARTS) is 1. The Morgan fingerprint density at radius 3 is 2.61 bits per heavy atom. The molecule has 2 unspecified atom stereocenters. The zero-order valence-corrected chi connectivity index (χ0v) is 15.2. The van der Waals surface area contributed by atoms with Gasteiger partial charge in [0.2, 0.25) is 0 Å². The lowest BCUT2D eigenvalue weighted by molar-refractivity contribution is -0.166. The third-order valence-electron chi connectivity index (χ3n) is 7.76. The van der Waals surface area contributed by atoms with Gasteiger partial charge < -0.3 is 5.11 Å². The van der Waals surface area contributed by atoms with Gasteiger partial charge in [0, 0.05) is 5.41 Å². The number of aliphatic carboxylic acids is 1. The highest BCUT2D eigenvalue weighted by Crippen LogP contribution is 2.65. The van der Waals surface area contributed by atoms with Crippen molar-refractivity contribution in [3.63, 3.8) is 0 Å². The molecule has 1 N–H and O–H groups in total. The third kappa shape index (κ3) is 2.32. The van der Waals surface area contributed by atoms with Gasteiger partial charge in [-0.25, -0.2) is 0 Å². The van der Waals surface area contributed by atoms with Crippen LogP contribution in [-0.2, 0) is 4.79 Å². The lowest BCUT2D eigenvalue weighted by Gasteiger charge is -2.60. The highest BCUT2D eigenvalue weighted by molar-refractivity contribution is 5.75. The van der Waals surface area contributed by atoms with Gasteiger partial charge >= 0.3 is 5.97 Å². The van der Waals surface area contributed by atoms with Gasteiger partial charge in [-0.2, -0.15) is 0 Å². The molecule has 2 heteroatoms. The second kappa shape index (κ2) is 5.22. The van der Waals surface area contributed by atoms with Gasteiger partial charge in [-0.3, -0.25) is 4.79 Å². The predicted molar refractivity (Wildman–Crippen MR) is 94.1 cm³/mol. The third-order valence-corrected chi connectivity index (χ3v) is 7.76. The van der Waals surface area contributed by atoms with Crippen LogP contribution >= 0.6 is 0 Å². The standard InChI is InChI=1S/C21H32O2/c1-6-19(3)11-8-16-15(13-19)14(2)12-17-20(16,4)9-7-10-21(17,5)18(22)23/h6,13-14,16-17H,1,7-12H2,2-5H3,(H,22,23)/t14-,16?,17?,19+,20-,21-/m1/s1. The quantitative estimate of drug-likeness (QED) is 0.688. The first-order valence-corrected chi connectivity index (χ1v) is 9.26. The monoisotopic (exact) mass is 316 g/mol. The second-order valence-corrected chi connectivity index (χ2v) is 9.22. The summed E-state index contributed by atoms with van der Waals surface area (Å²) in [6.45, 7) is 13.0. The molecular formula is C21H32O2. The van der Waals surface area contributed by atoms with Crippen LogP contribution in [0.4, 0.5) is 0 Å². The Morgan fingerprint density at radius 1 is 1.30 bits per heavy atom. The lowest BCUT2D eigenvalue weighted by atomic mass is 9.43. The summed E-state index contributed by atoms with van der Waals surface area (Å²) in [5, 5.41) is 9.93. The molecule has 0 aromatic rings. The lowest BCUT2D eigenvalue weighted by Crippen LogP contribution is -2.55. The first-order valence-electron chi connectivity index (χ1n) is 9.26. The van der Waals surface area contributed by atoms with E-state index in [1.807, 2.05) is 6.92 Å². The minimum absolute atomic E-state index is 0.119. The molecule has 23 heavy (non-hydrogen) atoms. The zero-order valence-electron chi connectivity index (χ0n) is 15.2. The minimum atomic E-state index is -0.584. The number of allylic oxidation sites excluding steroid dienone is 3. The van der Waals surface area contributed by atoms with Crippen LogP contribution in [0, 0.1) is 34.0 Å². The molecule has 0 aromatic heterocycles. The topological polar surface area (TPSA) is 37.3 Å². The Morgan fingerprint density at radius 2 is 2.00 bits per heavy atom. The number of hydrogen-bond acceptors (Lipinski definition) is 1. The molecule has 3 aliphatic rings. The van der Waals surface area contributed by atoms with Gasteiger partial charge in [-0.15, -0.1) is 6.58 Å². The number of fused-ring (bicyclic) bond motifs is 3. The van der Waals surface area contributed by atoms with Crippen LogP contribution in [-0.4, -0.2) is 11.1 Å². The van der Waals surface area contributed by atoms with E-state index in [1.54, 1.807) is 5.57 Å². The van der Waals surface area contributed by atoms with Crippen LogP contribution in [0.3, 0.4) is 0 Å². The molecule has 2 fully saturated rings. The molecule has 128 valence electrons. The van der Waals surface area contributed by atoms with Crippen molar-refractivity contribution < 1.29 is 9.90 Å². The molecule has 0 amide bonds. The van der Waals surface area contributed by atoms with Crippen LogP contribution in [0.2, 0.25) is 0 Å². The van der Waals surface area contributed by atoms with Crippen LogP contribution in [0.25, 0.3) is 0 Å². The van der Waals surface area contributed by atoms with Crippen molar-refractivity contribution in [2.24, 2.45) is 34.0 Å². The predicted octanol–water partition coefficient (Wildman–Crippen LogP) is 5.45. The Balaban J connectivity index is 2.05. The normalized spacial score (nSPS) is 49.6. The van der Waals surface area contributed by atoms with Crippen LogP contribution in [0.5, 0.6) is 0 Å². The molecule has 0 bridgehead atoms. The first-order chi connectivity index (χ1) is 10.7. The van der Waals surface area contributed by atoms with Crippen LogP contribution < -0.4 is 0 Å². The molecular weight excluding hydrogens is 284 g/mol. The van der Waals surface area contributed by atoms with E-state index in [-0.39, 0.29) is 10.8 Å². The maximum atomic E-state index is 12.1. The van der Waals surface area contributed by atoms with Crippen molar-refractivity contribution in [3.05, 3.63) is 24.3 Å². The summed E-state index contributed by atoms with van der Waals surface area (Å²) in [6, 6.07) is 0. The van der Waals surface area contributed by atoms with Gasteiger partial charge in [-0.1, -0.05) is 44.9 Å². The molecule has 2 saturated carbocycles. The van der Waals surface area contributed by atoms with E-state index in [9.17, 15) is 9.90 Å². The molecule has 0 aromatic carbocycles. The highest BCUT2D eigenvalue weighted by atomic mass is 16.4. The fourth-order valence-electron chi connectivity index (χ4n) is 6.14.